The predicted octanol–water partition coefficient (Wildman–Crippen LogP) is 3.67. The summed E-state index contributed by atoms with van der Waals surface area (Å²) in [6, 6.07) is 7.44. The molecule has 96 valence electrons. The first kappa shape index (κ1) is 12.7. The van der Waals surface area contributed by atoms with Crippen molar-refractivity contribution in [1.82, 2.24) is 0 Å². The first-order valence-corrected chi connectivity index (χ1v) is 6.38. The molecule has 3 nitrogen and oxygen atoms in total. The summed E-state index contributed by atoms with van der Waals surface area (Å²) in [5, 5.41) is 0.924. The van der Waals surface area contributed by atoms with Crippen molar-refractivity contribution in [2.75, 3.05) is 6.61 Å². The zero-order valence-corrected chi connectivity index (χ0v) is 10.9. The highest BCUT2D eigenvalue weighted by Crippen LogP contribution is 2.20. The Labute approximate surface area is 106 Å². The van der Waals surface area contributed by atoms with E-state index >= 15 is 0 Å². The molecule has 0 radical (unpaired) electrons. The van der Waals surface area contributed by atoms with E-state index in [1.165, 1.54) is 12.8 Å². The monoisotopic (exact) mass is 246 g/mol. The molecule has 0 atom stereocenters. The van der Waals surface area contributed by atoms with Gasteiger partial charge in [0.25, 0.3) is 0 Å². The Bertz CT molecular complexity index is 584. The lowest BCUT2D eigenvalue weighted by atomic mass is 10.2. The van der Waals surface area contributed by atoms with E-state index < -0.39 is 0 Å². The van der Waals surface area contributed by atoms with Gasteiger partial charge in [-0.2, -0.15) is 0 Å². The van der Waals surface area contributed by atoms with Crippen LogP contribution in [-0.2, 0) is 0 Å². The van der Waals surface area contributed by atoms with E-state index in [2.05, 4.69) is 6.92 Å². The molecule has 0 N–H and O–H groups in total. The minimum Gasteiger partial charge on any atom is -0.493 e. The van der Waals surface area contributed by atoms with Crippen LogP contribution in [0.3, 0.4) is 0 Å². The van der Waals surface area contributed by atoms with Crippen molar-refractivity contribution in [3.63, 3.8) is 0 Å². The van der Waals surface area contributed by atoms with Crippen molar-refractivity contribution >= 4 is 11.0 Å². The lowest BCUT2D eigenvalue weighted by Gasteiger charge is -2.06. The van der Waals surface area contributed by atoms with Crippen LogP contribution in [0.2, 0.25) is 0 Å². The van der Waals surface area contributed by atoms with Crippen molar-refractivity contribution in [1.29, 1.82) is 0 Å². The van der Waals surface area contributed by atoms with Crippen molar-refractivity contribution in [3.8, 4) is 5.75 Å². The topological polar surface area (TPSA) is 39.4 Å². The Morgan fingerprint density at radius 2 is 2.06 bits per heavy atom. The molecule has 2 rings (SSSR count). The Morgan fingerprint density at radius 3 is 2.83 bits per heavy atom. The Morgan fingerprint density at radius 1 is 1.22 bits per heavy atom. The van der Waals surface area contributed by atoms with E-state index in [-0.39, 0.29) is 5.63 Å². The van der Waals surface area contributed by atoms with E-state index in [1.807, 2.05) is 18.2 Å². The lowest BCUT2D eigenvalue weighted by molar-refractivity contribution is 0.306. The van der Waals surface area contributed by atoms with Gasteiger partial charge in [-0.1, -0.05) is 19.8 Å². The highest BCUT2D eigenvalue weighted by Gasteiger charge is 2.03. The van der Waals surface area contributed by atoms with Gasteiger partial charge in [0.15, 0.2) is 0 Å². The van der Waals surface area contributed by atoms with Crippen molar-refractivity contribution in [2.24, 2.45) is 0 Å². The van der Waals surface area contributed by atoms with Crippen LogP contribution < -0.4 is 10.4 Å². The summed E-state index contributed by atoms with van der Waals surface area (Å²) >= 11 is 0. The van der Waals surface area contributed by atoms with Gasteiger partial charge >= 0.3 is 5.63 Å². The van der Waals surface area contributed by atoms with E-state index in [4.69, 9.17) is 9.15 Å². The zero-order chi connectivity index (χ0) is 13.0. The number of hydrogen-bond acceptors (Lipinski definition) is 3. The van der Waals surface area contributed by atoms with E-state index in [9.17, 15) is 4.79 Å². The summed E-state index contributed by atoms with van der Waals surface area (Å²) in [4.78, 5) is 11.4. The molecule has 1 aromatic carbocycles. The van der Waals surface area contributed by atoms with Crippen LogP contribution >= 0.6 is 0 Å². The molecule has 0 amide bonds. The molecule has 0 fully saturated rings. The molecule has 2 aromatic rings. The smallest absolute Gasteiger partial charge is 0.339 e. The number of hydrogen-bond donors (Lipinski definition) is 0. The van der Waals surface area contributed by atoms with Gasteiger partial charge in [0.2, 0.25) is 0 Å². The fourth-order valence-electron chi connectivity index (χ4n) is 1.83. The fourth-order valence-corrected chi connectivity index (χ4v) is 1.83. The molecule has 0 spiro atoms. The number of aryl methyl sites for hydroxylation is 1. The SMILES string of the molecule is CCCCCOc1ccc2cc(C)c(=O)oc2c1. The maximum Gasteiger partial charge on any atom is 0.339 e. The minimum atomic E-state index is -0.286. The van der Waals surface area contributed by atoms with Gasteiger partial charge in [-0.15, -0.1) is 0 Å². The second-order valence-electron chi connectivity index (χ2n) is 4.47. The van der Waals surface area contributed by atoms with Crippen LogP contribution in [0.4, 0.5) is 0 Å². The maximum atomic E-state index is 11.4. The zero-order valence-electron chi connectivity index (χ0n) is 10.9. The molecule has 0 aliphatic heterocycles. The summed E-state index contributed by atoms with van der Waals surface area (Å²) in [5.41, 5.74) is 0.920. The molecule has 0 aliphatic rings. The van der Waals surface area contributed by atoms with Crippen molar-refractivity contribution < 1.29 is 9.15 Å². The number of fused-ring (bicyclic) bond motifs is 1. The standard InChI is InChI=1S/C15H18O3/c1-3-4-5-8-17-13-7-6-12-9-11(2)15(16)18-14(12)10-13/h6-7,9-10H,3-5,8H2,1-2H3. The molecule has 1 aromatic heterocycles. The molecule has 3 heteroatoms. The first-order chi connectivity index (χ1) is 8.70. The Hall–Kier alpha value is -1.77. The molecular formula is C15H18O3. The first-order valence-electron chi connectivity index (χ1n) is 6.38. The van der Waals surface area contributed by atoms with Gasteiger partial charge in [0.1, 0.15) is 11.3 Å². The van der Waals surface area contributed by atoms with Gasteiger partial charge in [0, 0.05) is 17.0 Å². The molecule has 18 heavy (non-hydrogen) atoms. The third-order valence-corrected chi connectivity index (χ3v) is 2.90. The van der Waals surface area contributed by atoms with Gasteiger partial charge in [-0.3, -0.25) is 0 Å². The molecule has 0 saturated carbocycles. The summed E-state index contributed by atoms with van der Waals surface area (Å²) < 4.78 is 10.8. The van der Waals surface area contributed by atoms with Crippen LogP contribution in [0.15, 0.2) is 33.5 Å². The lowest BCUT2D eigenvalue weighted by Crippen LogP contribution is -2.02. The van der Waals surface area contributed by atoms with Crippen LogP contribution in [0.25, 0.3) is 11.0 Å². The van der Waals surface area contributed by atoms with E-state index in [1.54, 1.807) is 13.0 Å². The summed E-state index contributed by atoms with van der Waals surface area (Å²) in [6.07, 6.45) is 3.39. The summed E-state index contributed by atoms with van der Waals surface area (Å²) in [5.74, 6) is 0.755. The van der Waals surface area contributed by atoms with Gasteiger partial charge in [0.05, 0.1) is 6.61 Å². The van der Waals surface area contributed by atoms with Gasteiger partial charge < -0.3 is 9.15 Å². The van der Waals surface area contributed by atoms with Crippen molar-refractivity contribution in [2.45, 2.75) is 33.1 Å². The number of rotatable bonds is 5. The average molecular weight is 246 g/mol. The van der Waals surface area contributed by atoms with Crippen LogP contribution in [-0.4, -0.2) is 6.61 Å². The van der Waals surface area contributed by atoms with Gasteiger partial charge in [-0.05, 0) is 31.5 Å². The number of ether oxygens (including phenoxy) is 1. The molecule has 1 heterocycles. The third-order valence-electron chi connectivity index (χ3n) is 2.90. The second kappa shape index (κ2) is 5.71. The third kappa shape index (κ3) is 2.92. The minimum absolute atomic E-state index is 0.286. The summed E-state index contributed by atoms with van der Waals surface area (Å²) in [6.45, 7) is 4.61. The highest BCUT2D eigenvalue weighted by atomic mass is 16.5. The van der Waals surface area contributed by atoms with Crippen LogP contribution in [0, 0.1) is 6.92 Å². The van der Waals surface area contributed by atoms with Gasteiger partial charge in [-0.25, -0.2) is 4.79 Å². The van der Waals surface area contributed by atoms with Crippen LogP contribution in [0.1, 0.15) is 31.7 Å². The number of unbranched alkanes of at least 4 members (excludes halogenated alkanes) is 2. The number of benzene rings is 1. The maximum absolute atomic E-state index is 11.4. The average Bonchev–Trinajstić information content (AvgIpc) is 2.36. The molecular weight excluding hydrogens is 228 g/mol. The Balaban J connectivity index is 2.17. The van der Waals surface area contributed by atoms with E-state index in [0.717, 1.165) is 17.6 Å². The predicted molar refractivity (Wildman–Crippen MR) is 72.2 cm³/mol. The molecule has 0 bridgehead atoms. The second-order valence-corrected chi connectivity index (χ2v) is 4.47. The van der Waals surface area contributed by atoms with E-state index in [0.29, 0.717) is 17.8 Å². The van der Waals surface area contributed by atoms with Crippen LogP contribution in [0.5, 0.6) is 5.75 Å². The largest absolute Gasteiger partial charge is 0.493 e. The normalized spacial score (nSPS) is 10.8. The quantitative estimate of drug-likeness (QED) is 0.597. The fraction of sp³-hybridized carbons (Fsp3) is 0.400. The molecule has 0 saturated heterocycles. The molecule has 0 aliphatic carbocycles. The highest BCUT2D eigenvalue weighted by molar-refractivity contribution is 5.78. The van der Waals surface area contributed by atoms with Crippen molar-refractivity contribution in [3.05, 3.63) is 40.2 Å². The summed E-state index contributed by atoms with van der Waals surface area (Å²) in [7, 11) is 0. The molecule has 0 unspecified atom stereocenters. The Kier molecular flexibility index (Phi) is 4.03.